The Morgan fingerprint density at radius 2 is 1.73 bits per heavy atom. The minimum absolute atomic E-state index is 0.0542. The van der Waals surface area contributed by atoms with Crippen molar-refractivity contribution in [3.63, 3.8) is 0 Å². The summed E-state index contributed by atoms with van der Waals surface area (Å²) in [7, 11) is 3.96. The first kappa shape index (κ1) is 22.0. The number of benzene rings is 1. The van der Waals surface area contributed by atoms with Crippen LogP contribution in [0.15, 0.2) is 24.3 Å². The Hall–Kier alpha value is -2.08. The van der Waals surface area contributed by atoms with E-state index in [1.807, 2.05) is 14.1 Å². The number of carbonyl (C=O) groups excluding carboxylic acids is 2. The summed E-state index contributed by atoms with van der Waals surface area (Å²) in [5, 5.41) is 5.47. The Kier molecular flexibility index (Phi) is 8.08. The molecule has 0 aromatic heterocycles. The van der Waals surface area contributed by atoms with E-state index < -0.39 is 17.7 Å². The number of nitrogens with zero attached hydrogens (tertiary/aromatic N) is 1. The lowest BCUT2D eigenvalue weighted by Crippen LogP contribution is -2.48. The van der Waals surface area contributed by atoms with Crippen molar-refractivity contribution in [2.24, 2.45) is 0 Å². The number of nitrogens with one attached hydrogen (secondary N) is 2. The molecule has 2 atom stereocenters. The number of hydrogen-bond acceptors (Lipinski definition) is 4. The zero-order valence-electron chi connectivity index (χ0n) is 17.1. The van der Waals surface area contributed by atoms with Crippen LogP contribution in [0.4, 0.5) is 4.79 Å². The second-order valence-corrected chi connectivity index (χ2v) is 7.69. The summed E-state index contributed by atoms with van der Waals surface area (Å²) in [6.07, 6.45) is 0.400. The fourth-order valence-electron chi connectivity index (χ4n) is 2.47. The van der Waals surface area contributed by atoms with E-state index in [0.717, 1.165) is 12.0 Å². The van der Waals surface area contributed by atoms with Crippen molar-refractivity contribution < 1.29 is 14.3 Å². The van der Waals surface area contributed by atoms with Gasteiger partial charge in [-0.1, -0.05) is 31.2 Å². The van der Waals surface area contributed by atoms with Crippen LogP contribution in [0.3, 0.4) is 0 Å². The number of carbonyl (C=O) groups is 2. The van der Waals surface area contributed by atoms with E-state index >= 15 is 0 Å². The van der Waals surface area contributed by atoms with Gasteiger partial charge in [-0.2, -0.15) is 0 Å². The molecule has 146 valence electrons. The van der Waals surface area contributed by atoms with Crippen LogP contribution in [0.2, 0.25) is 0 Å². The summed E-state index contributed by atoms with van der Waals surface area (Å²) in [5.74, 6) is -0.243. The standard InChI is InChI=1S/C20H33N3O3/c1-8-15-9-11-16(12-10-15)17(23(6)7)13-21-18(24)14(2)22-19(25)26-20(3,4)5/h9-12,14,17H,8,13H2,1-7H3,(H,21,24)(H,22,25)/t14-,17?/m1/s1. The van der Waals surface area contributed by atoms with Crippen LogP contribution >= 0.6 is 0 Å². The Morgan fingerprint density at radius 1 is 1.15 bits per heavy atom. The van der Waals surface area contributed by atoms with Gasteiger partial charge >= 0.3 is 6.09 Å². The van der Waals surface area contributed by atoms with Crippen LogP contribution in [-0.2, 0) is 16.0 Å². The van der Waals surface area contributed by atoms with Crippen LogP contribution in [0.1, 0.15) is 51.8 Å². The summed E-state index contributed by atoms with van der Waals surface area (Å²) in [5.41, 5.74) is 1.83. The maximum Gasteiger partial charge on any atom is 0.408 e. The third-order valence-electron chi connectivity index (χ3n) is 3.99. The van der Waals surface area contributed by atoms with E-state index in [1.54, 1.807) is 27.7 Å². The Balaban J connectivity index is 2.62. The van der Waals surface area contributed by atoms with Crippen molar-refractivity contribution in [1.82, 2.24) is 15.5 Å². The molecule has 0 spiro atoms. The average Bonchev–Trinajstić information content (AvgIpc) is 2.53. The molecular weight excluding hydrogens is 330 g/mol. The summed E-state index contributed by atoms with van der Waals surface area (Å²) in [6, 6.07) is 7.80. The molecule has 1 aromatic rings. The van der Waals surface area contributed by atoms with Gasteiger partial charge in [-0.25, -0.2) is 4.79 Å². The number of alkyl carbamates (subject to hydrolysis) is 1. The maximum absolute atomic E-state index is 12.3. The van der Waals surface area contributed by atoms with Gasteiger partial charge in [-0.3, -0.25) is 4.79 Å². The lowest BCUT2D eigenvalue weighted by atomic mass is 10.0. The third-order valence-corrected chi connectivity index (χ3v) is 3.99. The second-order valence-electron chi connectivity index (χ2n) is 7.69. The predicted molar refractivity (Wildman–Crippen MR) is 104 cm³/mol. The molecule has 0 saturated heterocycles. The topological polar surface area (TPSA) is 70.7 Å². The lowest BCUT2D eigenvalue weighted by molar-refractivity contribution is -0.123. The molecule has 2 N–H and O–H groups in total. The van der Waals surface area contributed by atoms with Crippen LogP contribution in [-0.4, -0.2) is 49.2 Å². The van der Waals surface area contributed by atoms with Crippen molar-refractivity contribution in [2.75, 3.05) is 20.6 Å². The molecule has 0 saturated carbocycles. The minimum Gasteiger partial charge on any atom is -0.444 e. The molecule has 26 heavy (non-hydrogen) atoms. The van der Waals surface area contributed by atoms with Crippen molar-refractivity contribution in [1.29, 1.82) is 0 Å². The molecule has 1 unspecified atom stereocenters. The molecule has 0 aliphatic rings. The van der Waals surface area contributed by atoms with E-state index in [1.165, 1.54) is 5.56 Å². The highest BCUT2D eigenvalue weighted by molar-refractivity contribution is 5.85. The van der Waals surface area contributed by atoms with Gasteiger partial charge in [-0.05, 0) is 59.3 Å². The Labute approximate surface area is 157 Å². The van der Waals surface area contributed by atoms with Gasteiger partial charge in [0.2, 0.25) is 5.91 Å². The molecule has 0 aliphatic heterocycles. The van der Waals surface area contributed by atoms with E-state index in [9.17, 15) is 9.59 Å². The molecule has 0 aliphatic carbocycles. The largest absolute Gasteiger partial charge is 0.444 e. The van der Waals surface area contributed by atoms with Gasteiger partial charge in [0, 0.05) is 6.54 Å². The number of ether oxygens (including phenoxy) is 1. The Morgan fingerprint density at radius 3 is 2.19 bits per heavy atom. The number of hydrogen-bond donors (Lipinski definition) is 2. The summed E-state index contributed by atoms with van der Waals surface area (Å²) in [6.45, 7) is 9.56. The predicted octanol–water partition coefficient (Wildman–Crippen LogP) is 2.88. The molecule has 6 nitrogen and oxygen atoms in total. The highest BCUT2D eigenvalue weighted by Crippen LogP contribution is 2.18. The van der Waals surface area contributed by atoms with E-state index in [2.05, 4.69) is 46.7 Å². The van der Waals surface area contributed by atoms with Gasteiger partial charge in [-0.15, -0.1) is 0 Å². The smallest absolute Gasteiger partial charge is 0.408 e. The molecule has 0 heterocycles. The van der Waals surface area contributed by atoms with Crippen LogP contribution < -0.4 is 10.6 Å². The second kappa shape index (κ2) is 9.57. The molecule has 0 bridgehead atoms. The van der Waals surface area contributed by atoms with Crippen molar-refractivity contribution in [3.05, 3.63) is 35.4 Å². The van der Waals surface area contributed by atoms with Gasteiger partial charge in [0.25, 0.3) is 0 Å². The van der Waals surface area contributed by atoms with Crippen LogP contribution in [0.25, 0.3) is 0 Å². The summed E-state index contributed by atoms with van der Waals surface area (Å²) in [4.78, 5) is 26.1. The molecule has 1 rings (SSSR count). The highest BCUT2D eigenvalue weighted by Gasteiger charge is 2.22. The summed E-state index contributed by atoms with van der Waals surface area (Å²) >= 11 is 0. The minimum atomic E-state index is -0.671. The number of aryl methyl sites for hydroxylation is 1. The van der Waals surface area contributed by atoms with Crippen molar-refractivity contribution in [2.45, 2.75) is 58.7 Å². The first-order valence-corrected chi connectivity index (χ1v) is 9.06. The molecule has 1 aromatic carbocycles. The van der Waals surface area contributed by atoms with Gasteiger partial charge in [0.05, 0.1) is 6.04 Å². The first-order chi connectivity index (χ1) is 12.0. The zero-order chi connectivity index (χ0) is 19.9. The zero-order valence-corrected chi connectivity index (χ0v) is 17.1. The first-order valence-electron chi connectivity index (χ1n) is 9.06. The fourth-order valence-corrected chi connectivity index (χ4v) is 2.47. The summed E-state index contributed by atoms with van der Waals surface area (Å²) < 4.78 is 5.18. The van der Waals surface area contributed by atoms with E-state index in [-0.39, 0.29) is 11.9 Å². The van der Waals surface area contributed by atoms with Crippen LogP contribution in [0.5, 0.6) is 0 Å². The Bertz CT molecular complexity index is 591. The molecule has 0 radical (unpaired) electrons. The lowest BCUT2D eigenvalue weighted by Gasteiger charge is -2.26. The molecule has 2 amide bonds. The molecule has 6 heteroatoms. The molecular formula is C20H33N3O3. The monoisotopic (exact) mass is 363 g/mol. The highest BCUT2D eigenvalue weighted by atomic mass is 16.6. The van der Waals surface area contributed by atoms with Gasteiger partial charge in [0.15, 0.2) is 0 Å². The van der Waals surface area contributed by atoms with E-state index in [0.29, 0.717) is 6.54 Å². The quantitative estimate of drug-likeness (QED) is 0.781. The van der Waals surface area contributed by atoms with Crippen molar-refractivity contribution >= 4 is 12.0 Å². The fraction of sp³-hybridized carbons (Fsp3) is 0.600. The van der Waals surface area contributed by atoms with Gasteiger partial charge < -0.3 is 20.3 Å². The number of rotatable bonds is 7. The maximum atomic E-state index is 12.3. The normalized spacial score (nSPS) is 13.8. The van der Waals surface area contributed by atoms with E-state index in [4.69, 9.17) is 4.74 Å². The van der Waals surface area contributed by atoms with Crippen LogP contribution in [0, 0.1) is 0 Å². The SMILES string of the molecule is CCc1ccc(C(CNC(=O)[C@@H](C)NC(=O)OC(C)(C)C)N(C)C)cc1. The number of likely N-dealkylation sites (N-methyl/N-ethyl adjacent to an activating group) is 1. The van der Waals surface area contributed by atoms with Gasteiger partial charge in [0.1, 0.15) is 11.6 Å². The number of amides is 2. The van der Waals surface area contributed by atoms with Crippen molar-refractivity contribution in [3.8, 4) is 0 Å². The molecule has 0 fully saturated rings. The average molecular weight is 364 g/mol. The third kappa shape index (κ3) is 7.44.